The number of carbonyl (C=O) groups excluding carboxylic acids is 2. The maximum absolute atomic E-state index is 11.2. The van der Waals surface area contributed by atoms with E-state index in [0.29, 0.717) is 25.2 Å². The Balaban J connectivity index is 4.73. The predicted molar refractivity (Wildman–Crippen MR) is 102 cm³/mol. The van der Waals surface area contributed by atoms with Crippen LogP contribution in [0.3, 0.4) is 0 Å². The summed E-state index contributed by atoms with van der Waals surface area (Å²) in [5, 5.41) is 8.95. The van der Waals surface area contributed by atoms with Crippen LogP contribution in [0.25, 0.3) is 0 Å². The first-order valence-electron chi connectivity index (χ1n) is 9.14. The molecule has 0 heterocycles. The van der Waals surface area contributed by atoms with Crippen molar-refractivity contribution in [3.05, 3.63) is 11.6 Å². The number of carboxylic acids is 1. The molecule has 3 unspecified atom stereocenters. The summed E-state index contributed by atoms with van der Waals surface area (Å²) in [5.41, 5.74) is 10.2. The van der Waals surface area contributed by atoms with E-state index in [2.05, 4.69) is 20.8 Å². The second-order valence-corrected chi connectivity index (χ2v) is 7.99. The van der Waals surface area contributed by atoms with Gasteiger partial charge >= 0.3 is 18.2 Å². The number of rotatable bonds is 12. The number of hydrogen-bond donors (Lipinski definition) is 3. The average molecular weight is 386 g/mol. The van der Waals surface area contributed by atoms with Gasteiger partial charge in [-0.1, -0.05) is 26.8 Å². The highest BCUT2D eigenvalue weighted by Gasteiger charge is 2.27. The quantitative estimate of drug-likeness (QED) is 0.438. The SMILES string of the molecule is CC(=CCC(CC(C)(C)CC(C)CCC(C)OC(N)=O)OC(N)=O)C(=O)O. The first-order chi connectivity index (χ1) is 12.3. The van der Waals surface area contributed by atoms with E-state index in [1.807, 2.05) is 0 Å². The standard InChI is InChI=1S/C19H34N2O6/c1-12(6-8-14(3)26-17(20)24)10-19(4,5)11-15(27-18(21)25)9-7-13(2)16(22)23/h7,12,14-15H,6,8-11H2,1-5H3,(H2,20,24)(H2,21,25)(H,22,23). The van der Waals surface area contributed by atoms with Crippen molar-refractivity contribution < 1.29 is 29.0 Å². The summed E-state index contributed by atoms with van der Waals surface area (Å²) >= 11 is 0. The normalized spacial score (nSPS) is 15.5. The molecule has 0 radical (unpaired) electrons. The van der Waals surface area contributed by atoms with Crippen molar-refractivity contribution in [2.24, 2.45) is 22.8 Å². The van der Waals surface area contributed by atoms with E-state index in [9.17, 15) is 14.4 Å². The van der Waals surface area contributed by atoms with Gasteiger partial charge in [0.25, 0.3) is 0 Å². The third kappa shape index (κ3) is 12.7. The van der Waals surface area contributed by atoms with Gasteiger partial charge in [-0.25, -0.2) is 14.4 Å². The Labute approximate surface area is 161 Å². The van der Waals surface area contributed by atoms with Gasteiger partial charge < -0.3 is 26.0 Å². The molecule has 156 valence electrons. The largest absolute Gasteiger partial charge is 0.478 e. The van der Waals surface area contributed by atoms with Gasteiger partial charge in [-0.2, -0.15) is 0 Å². The Bertz CT molecular complexity index is 544. The molecule has 0 spiro atoms. The smallest absolute Gasteiger partial charge is 0.404 e. The maximum atomic E-state index is 11.2. The summed E-state index contributed by atoms with van der Waals surface area (Å²) in [6.45, 7) is 9.54. The number of primary amides is 2. The van der Waals surface area contributed by atoms with Crippen LogP contribution in [-0.4, -0.2) is 35.5 Å². The topological polar surface area (TPSA) is 142 Å². The van der Waals surface area contributed by atoms with Crippen LogP contribution >= 0.6 is 0 Å². The van der Waals surface area contributed by atoms with Gasteiger partial charge in [0.15, 0.2) is 0 Å². The monoisotopic (exact) mass is 386 g/mol. The molecule has 0 aromatic carbocycles. The van der Waals surface area contributed by atoms with Gasteiger partial charge in [0.05, 0.1) is 0 Å². The van der Waals surface area contributed by atoms with Crippen LogP contribution in [0.1, 0.15) is 66.7 Å². The van der Waals surface area contributed by atoms with Crippen LogP contribution in [0.15, 0.2) is 11.6 Å². The molecule has 8 heteroatoms. The highest BCUT2D eigenvalue weighted by atomic mass is 16.6. The molecule has 2 amide bonds. The predicted octanol–water partition coefficient (Wildman–Crippen LogP) is 3.58. The van der Waals surface area contributed by atoms with Crippen molar-refractivity contribution in [1.82, 2.24) is 0 Å². The minimum atomic E-state index is -1.01. The highest BCUT2D eigenvalue weighted by molar-refractivity contribution is 5.85. The van der Waals surface area contributed by atoms with Crippen molar-refractivity contribution >= 4 is 18.2 Å². The van der Waals surface area contributed by atoms with Crippen LogP contribution in [-0.2, 0) is 14.3 Å². The van der Waals surface area contributed by atoms with Gasteiger partial charge in [0, 0.05) is 12.0 Å². The molecule has 0 saturated carbocycles. The molecular formula is C19H34N2O6. The lowest BCUT2D eigenvalue weighted by molar-refractivity contribution is -0.132. The summed E-state index contributed by atoms with van der Waals surface area (Å²) < 4.78 is 10.1. The second-order valence-electron chi connectivity index (χ2n) is 7.99. The third-order valence-corrected chi connectivity index (χ3v) is 4.37. The Hall–Kier alpha value is -2.25. The zero-order valence-corrected chi connectivity index (χ0v) is 17.0. The highest BCUT2D eigenvalue weighted by Crippen LogP contribution is 2.34. The lowest BCUT2D eigenvalue weighted by Crippen LogP contribution is -2.29. The van der Waals surface area contributed by atoms with Gasteiger partial charge in [-0.05, 0) is 50.9 Å². The van der Waals surface area contributed by atoms with E-state index in [1.54, 1.807) is 6.92 Å². The molecule has 0 rings (SSSR count). The summed E-state index contributed by atoms with van der Waals surface area (Å²) in [5.74, 6) is -0.655. The summed E-state index contributed by atoms with van der Waals surface area (Å²) in [6.07, 6.45) is 2.45. The molecule has 0 aromatic heterocycles. The second kappa shape index (κ2) is 11.5. The van der Waals surface area contributed by atoms with Gasteiger partial charge in [-0.3, -0.25) is 0 Å². The lowest BCUT2D eigenvalue weighted by Gasteiger charge is -2.31. The van der Waals surface area contributed by atoms with Crippen LogP contribution in [0.5, 0.6) is 0 Å². The minimum Gasteiger partial charge on any atom is -0.478 e. The number of hydrogen-bond acceptors (Lipinski definition) is 5. The molecule has 5 N–H and O–H groups in total. The van der Waals surface area contributed by atoms with Gasteiger partial charge in [0.2, 0.25) is 0 Å². The Morgan fingerprint density at radius 3 is 2.07 bits per heavy atom. The minimum absolute atomic E-state index is 0.154. The number of aliphatic carboxylic acids is 1. The molecular weight excluding hydrogens is 352 g/mol. The van der Waals surface area contributed by atoms with E-state index in [1.165, 1.54) is 13.0 Å². The van der Waals surface area contributed by atoms with E-state index < -0.39 is 24.3 Å². The summed E-state index contributed by atoms with van der Waals surface area (Å²) in [4.78, 5) is 32.8. The number of carbonyl (C=O) groups is 3. The Kier molecular flexibility index (Phi) is 10.5. The number of nitrogens with two attached hydrogens (primary N) is 2. The van der Waals surface area contributed by atoms with Crippen molar-refractivity contribution in [2.75, 3.05) is 0 Å². The fraction of sp³-hybridized carbons (Fsp3) is 0.737. The number of carboxylic acid groups (broad SMARTS) is 1. The Morgan fingerprint density at radius 2 is 1.59 bits per heavy atom. The zero-order chi connectivity index (χ0) is 21.2. The van der Waals surface area contributed by atoms with Crippen molar-refractivity contribution in [2.45, 2.75) is 78.9 Å². The van der Waals surface area contributed by atoms with Crippen LogP contribution in [0, 0.1) is 11.3 Å². The molecule has 0 fully saturated rings. The summed E-state index contributed by atoms with van der Waals surface area (Å²) in [7, 11) is 0. The molecule has 0 aliphatic heterocycles. The lowest BCUT2D eigenvalue weighted by atomic mass is 9.77. The Morgan fingerprint density at radius 1 is 1.04 bits per heavy atom. The molecule has 0 bridgehead atoms. The molecule has 8 nitrogen and oxygen atoms in total. The van der Waals surface area contributed by atoms with Crippen LogP contribution in [0.4, 0.5) is 9.59 Å². The van der Waals surface area contributed by atoms with Gasteiger partial charge in [0.1, 0.15) is 12.2 Å². The first kappa shape index (κ1) is 24.8. The van der Waals surface area contributed by atoms with Crippen LogP contribution < -0.4 is 11.5 Å². The summed E-state index contributed by atoms with van der Waals surface area (Å²) in [6, 6.07) is 0. The zero-order valence-electron chi connectivity index (χ0n) is 17.0. The van der Waals surface area contributed by atoms with E-state index >= 15 is 0 Å². The van der Waals surface area contributed by atoms with E-state index in [0.717, 1.165) is 12.8 Å². The van der Waals surface area contributed by atoms with Crippen LogP contribution in [0.2, 0.25) is 0 Å². The maximum Gasteiger partial charge on any atom is 0.404 e. The molecule has 0 aliphatic carbocycles. The molecule has 27 heavy (non-hydrogen) atoms. The van der Waals surface area contributed by atoms with Crippen molar-refractivity contribution in [3.8, 4) is 0 Å². The average Bonchev–Trinajstić information content (AvgIpc) is 2.48. The molecule has 0 saturated heterocycles. The molecule has 3 atom stereocenters. The molecule has 0 aromatic rings. The fourth-order valence-corrected chi connectivity index (χ4v) is 3.25. The third-order valence-electron chi connectivity index (χ3n) is 4.37. The number of ether oxygens (including phenoxy) is 2. The fourth-order valence-electron chi connectivity index (χ4n) is 3.25. The van der Waals surface area contributed by atoms with Crippen molar-refractivity contribution in [1.29, 1.82) is 0 Å². The first-order valence-corrected chi connectivity index (χ1v) is 9.14. The van der Waals surface area contributed by atoms with Crippen molar-refractivity contribution in [3.63, 3.8) is 0 Å². The van der Waals surface area contributed by atoms with Gasteiger partial charge in [-0.15, -0.1) is 0 Å². The number of amides is 2. The van der Waals surface area contributed by atoms with E-state index in [-0.39, 0.29) is 17.1 Å². The van der Waals surface area contributed by atoms with E-state index in [4.69, 9.17) is 26.0 Å². The molecule has 0 aliphatic rings.